The Kier molecular flexibility index (Phi) is 6.86. The first kappa shape index (κ1) is 25.4. The Morgan fingerprint density at radius 1 is 1.03 bits per heavy atom. The standard InChI is InChI=1S/C29H30N6O2S/c1-29(2,3)27(36)32-20-14-13-19(18-23(20)37-4)35-26(25(33-28(35)38)21-10-5-7-15-30-21)22-11-9-17-34(22)24-12-6-8-16-31-24/h5-18,25-26H,1-4H3,(H,32,36)(H,33,38)/t25-,26-/m0/s1. The molecule has 3 aromatic heterocycles. The average molecular weight is 527 g/mol. The summed E-state index contributed by atoms with van der Waals surface area (Å²) in [5.74, 6) is 1.26. The van der Waals surface area contributed by atoms with E-state index in [1.54, 1.807) is 19.5 Å². The second-order valence-electron chi connectivity index (χ2n) is 10.1. The third-order valence-electron chi connectivity index (χ3n) is 6.47. The largest absolute Gasteiger partial charge is 0.494 e. The zero-order chi connectivity index (χ0) is 26.9. The number of methoxy groups -OCH3 is 1. The summed E-state index contributed by atoms with van der Waals surface area (Å²) >= 11 is 5.89. The highest BCUT2D eigenvalue weighted by molar-refractivity contribution is 7.80. The number of nitrogens with one attached hydrogen (secondary N) is 2. The van der Waals surface area contributed by atoms with Gasteiger partial charge in [-0.3, -0.25) is 9.78 Å². The highest BCUT2D eigenvalue weighted by atomic mass is 32.1. The molecule has 1 saturated heterocycles. The number of amides is 1. The monoisotopic (exact) mass is 526 g/mol. The van der Waals surface area contributed by atoms with Gasteiger partial charge in [0.2, 0.25) is 5.91 Å². The van der Waals surface area contributed by atoms with Gasteiger partial charge in [-0.05, 0) is 60.7 Å². The summed E-state index contributed by atoms with van der Waals surface area (Å²) in [6.45, 7) is 5.61. The maximum Gasteiger partial charge on any atom is 0.229 e. The summed E-state index contributed by atoms with van der Waals surface area (Å²) < 4.78 is 7.76. The van der Waals surface area contributed by atoms with Gasteiger partial charge >= 0.3 is 0 Å². The van der Waals surface area contributed by atoms with Gasteiger partial charge in [-0.2, -0.15) is 0 Å². The van der Waals surface area contributed by atoms with E-state index in [9.17, 15) is 4.79 Å². The second kappa shape index (κ2) is 10.3. The van der Waals surface area contributed by atoms with E-state index >= 15 is 0 Å². The summed E-state index contributed by atoms with van der Waals surface area (Å²) in [5, 5.41) is 7.03. The summed E-state index contributed by atoms with van der Waals surface area (Å²) in [6, 6.07) is 21.0. The van der Waals surface area contributed by atoms with Crippen LogP contribution in [-0.2, 0) is 4.79 Å². The Morgan fingerprint density at radius 3 is 2.45 bits per heavy atom. The molecule has 194 valence electrons. The van der Waals surface area contributed by atoms with Gasteiger partial charge in [0, 0.05) is 41.5 Å². The van der Waals surface area contributed by atoms with E-state index in [0.29, 0.717) is 16.5 Å². The van der Waals surface area contributed by atoms with Gasteiger partial charge in [0.1, 0.15) is 17.6 Å². The lowest BCUT2D eigenvalue weighted by atomic mass is 9.95. The van der Waals surface area contributed by atoms with E-state index < -0.39 is 5.41 Å². The fraction of sp³-hybridized carbons (Fsp3) is 0.241. The lowest BCUT2D eigenvalue weighted by Gasteiger charge is -2.29. The van der Waals surface area contributed by atoms with Gasteiger partial charge in [-0.25, -0.2) is 4.98 Å². The Hall–Kier alpha value is -4.24. The molecular weight excluding hydrogens is 496 g/mol. The van der Waals surface area contributed by atoms with Crippen molar-refractivity contribution in [2.45, 2.75) is 32.9 Å². The number of rotatable bonds is 6. The van der Waals surface area contributed by atoms with E-state index in [2.05, 4.69) is 36.1 Å². The molecule has 1 aromatic carbocycles. The molecule has 9 heteroatoms. The summed E-state index contributed by atoms with van der Waals surface area (Å²) in [4.78, 5) is 23.9. The van der Waals surface area contributed by atoms with Crippen LogP contribution in [0.4, 0.5) is 11.4 Å². The van der Waals surface area contributed by atoms with Crippen molar-refractivity contribution in [2.24, 2.45) is 5.41 Å². The van der Waals surface area contributed by atoms with Crippen molar-refractivity contribution in [2.75, 3.05) is 17.3 Å². The molecule has 0 aliphatic carbocycles. The highest BCUT2D eigenvalue weighted by Gasteiger charge is 2.42. The summed E-state index contributed by atoms with van der Waals surface area (Å²) in [5.41, 5.74) is 2.75. The number of nitrogens with zero attached hydrogens (tertiary/aromatic N) is 4. The van der Waals surface area contributed by atoms with Crippen molar-refractivity contribution in [3.05, 3.63) is 96.7 Å². The Balaban J connectivity index is 1.60. The van der Waals surface area contributed by atoms with Crippen LogP contribution in [-0.4, -0.2) is 32.7 Å². The van der Waals surface area contributed by atoms with Crippen molar-refractivity contribution in [3.8, 4) is 11.6 Å². The number of benzene rings is 1. The quantitative estimate of drug-likeness (QED) is 0.324. The molecule has 1 aliphatic heterocycles. The minimum atomic E-state index is -0.540. The van der Waals surface area contributed by atoms with Crippen molar-refractivity contribution >= 4 is 34.6 Å². The molecule has 1 aliphatic rings. The van der Waals surface area contributed by atoms with Crippen LogP contribution in [0.3, 0.4) is 0 Å². The van der Waals surface area contributed by atoms with Crippen LogP contribution in [0.1, 0.15) is 44.2 Å². The first-order valence-electron chi connectivity index (χ1n) is 12.4. The first-order chi connectivity index (χ1) is 18.3. The zero-order valence-electron chi connectivity index (χ0n) is 21.8. The van der Waals surface area contributed by atoms with Crippen LogP contribution in [0.15, 0.2) is 85.3 Å². The van der Waals surface area contributed by atoms with E-state index in [4.69, 9.17) is 17.0 Å². The third kappa shape index (κ3) is 4.84. The number of carbonyl (C=O) groups excluding carboxylic acids is 1. The van der Waals surface area contributed by atoms with Crippen LogP contribution in [0.25, 0.3) is 5.82 Å². The van der Waals surface area contributed by atoms with Gasteiger partial charge in [0.05, 0.1) is 24.5 Å². The lowest BCUT2D eigenvalue weighted by Crippen LogP contribution is -2.30. The minimum absolute atomic E-state index is 0.0943. The topological polar surface area (TPSA) is 84.3 Å². The van der Waals surface area contributed by atoms with Crippen molar-refractivity contribution in [3.63, 3.8) is 0 Å². The van der Waals surface area contributed by atoms with Crippen LogP contribution in [0, 0.1) is 5.41 Å². The van der Waals surface area contributed by atoms with Crippen LogP contribution >= 0.6 is 12.2 Å². The molecule has 8 nitrogen and oxygen atoms in total. The van der Waals surface area contributed by atoms with E-state index in [-0.39, 0.29) is 18.0 Å². The number of pyridine rings is 2. The molecule has 4 heterocycles. The first-order valence-corrected chi connectivity index (χ1v) is 12.8. The molecule has 38 heavy (non-hydrogen) atoms. The number of thiocarbonyl (C=S) groups is 1. The van der Waals surface area contributed by atoms with Crippen molar-refractivity contribution in [1.82, 2.24) is 19.9 Å². The number of ether oxygens (including phenoxy) is 1. The Bertz CT molecular complexity index is 1450. The number of carbonyl (C=O) groups is 1. The number of hydrogen-bond donors (Lipinski definition) is 2. The summed E-state index contributed by atoms with van der Waals surface area (Å²) in [7, 11) is 1.59. The maximum atomic E-state index is 12.7. The highest BCUT2D eigenvalue weighted by Crippen LogP contribution is 2.43. The molecule has 2 N–H and O–H groups in total. The smallest absolute Gasteiger partial charge is 0.229 e. The van der Waals surface area contributed by atoms with Gasteiger partial charge in [-0.1, -0.05) is 32.9 Å². The van der Waals surface area contributed by atoms with E-state index in [0.717, 1.165) is 22.9 Å². The molecule has 5 rings (SSSR count). The number of aromatic nitrogens is 3. The van der Waals surface area contributed by atoms with Crippen molar-refractivity contribution in [1.29, 1.82) is 0 Å². The molecule has 0 bridgehead atoms. The summed E-state index contributed by atoms with van der Waals surface area (Å²) in [6.07, 6.45) is 5.56. The fourth-order valence-corrected chi connectivity index (χ4v) is 4.86. The molecule has 0 unspecified atom stereocenters. The third-order valence-corrected chi connectivity index (χ3v) is 6.78. The zero-order valence-corrected chi connectivity index (χ0v) is 22.6. The van der Waals surface area contributed by atoms with Crippen LogP contribution in [0.5, 0.6) is 5.75 Å². The van der Waals surface area contributed by atoms with Gasteiger partial charge in [-0.15, -0.1) is 0 Å². The van der Waals surface area contributed by atoms with E-state index in [1.165, 1.54) is 0 Å². The predicted molar refractivity (Wildman–Crippen MR) is 153 cm³/mol. The number of anilines is 2. The Morgan fingerprint density at radius 2 is 1.79 bits per heavy atom. The molecular formula is C29H30N6O2S. The minimum Gasteiger partial charge on any atom is -0.494 e. The van der Waals surface area contributed by atoms with Crippen LogP contribution < -0.4 is 20.3 Å². The Labute approximate surface area is 227 Å². The molecule has 0 radical (unpaired) electrons. The SMILES string of the molecule is COc1cc(N2C(=S)N[C@@H](c3ccccn3)[C@@H]2c2cccn2-c2ccccn2)ccc1NC(=O)C(C)(C)C. The maximum absolute atomic E-state index is 12.7. The molecule has 1 fully saturated rings. The van der Waals surface area contributed by atoms with Crippen molar-refractivity contribution < 1.29 is 9.53 Å². The predicted octanol–water partition coefficient (Wildman–Crippen LogP) is 5.44. The average Bonchev–Trinajstić information content (AvgIpc) is 3.53. The van der Waals surface area contributed by atoms with Gasteiger partial charge in [0.15, 0.2) is 5.11 Å². The molecule has 2 atom stereocenters. The van der Waals surface area contributed by atoms with Gasteiger partial charge in [0.25, 0.3) is 0 Å². The molecule has 0 spiro atoms. The molecule has 4 aromatic rings. The lowest BCUT2D eigenvalue weighted by molar-refractivity contribution is -0.123. The molecule has 0 saturated carbocycles. The molecule has 1 amide bonds. The van der Waals surface area contributed by atoms with Crippen LogP contribution in [0.2, 0.25) is 0 Å². The normalized spacial score (nSPS) is 17.3. The van der Waals surface area contributed by atoms with Gasteiger partial charge < -0.3 is 24.8 Å². The second-order valence-corrected chi connectivity index (χ2v) is 10.5. The van der Waals surface area contributed by atoms with E-state index in [1.807, 2.05) is 87.6 Å². The fourth-order valence-electron chi connectivity index (χ4n) is 4.52. The number of hydrogen-bond acceptors (Lipinski definition) is 5.